The molecule has 4 aromatic rings. The lowest BCUT2D eigenvalue weighted by Crippen LogP contribution is -2.06. The third-order valence-electron chi connectivity index (χ3n) is 4.12. The van der Waals surface area contributed by atoms with E-state index in [0.717, 1.165) is 11.2 Å². The molecular formula is C20H17N3O3. The van der Waals surface area contributed by atoms with E-state index in [1.54, 1.807) is 18.4 Å². The first-order valence-corrected chi connectivity index (χ1v) is 8.14. The summed E-state index contributed by atoms with van der Waals surface area (Å²) in [7, 11) is 1.37. The Morgan fingerprint density at radius 1 is 1.19 bits per heavy atom. The molecule has 1 aromatic carbocycles. The van der Waals surface area contributed by atoms with Gasteiger partial charge in [-0.05, 0) is 48.9 Å². The lowest BCUT2D eigenvalue weighted by atomic mass is 10.1. The van der Waals surface area contributed by atoms with Crippen LogP contribution in [0.3, 0.4) is 0 Å². The van der Waals surface area contributed by atoms with E-state index in [-0.39, 0.29) is 0 Å². The minimum Gasteiger partial charge on any atom is -0.465 e. The maximum absolute atomic E-state index is 12.1. The number of carbonyl (C=O) groups excluding carboxylic acids is 1. The molecular weight excluding hydrogens is 330 g/mol. The van der Waals surface area contributed by atoms with Gasteiger partial charge < -0.3 is 14.5 Å². The van der Waals surface area contributed by atoms with Gasteiger partial charge in [0.1, 0.15) is 17.2 Å². The van der Waals surface area contributed by atoms with Crippen LogP contribution in [0.15, 0.2) is 65.4 Å². The van der Waals surface area contributed by atoms with Crippen molar-refractivity contribution >= 4 is 23.1 Å². The van der Waals surface area contributed by atoms with Crippen molar-refractivity contribution in [1.82, 2.24) is 9.38 Å². The highest BCUT2D eigenvalue weighted by atomic mass is 16.5. The summed E-state index contributed by atoms with van der Waals surface area (Å²) >= 11 is 0. The van der Waals surface area contributed by atoms with Crippen molar-refractivity contribution in [3.63, 3.8) is 0 Å². The van der Waals surface area contributed by atoms with E-state index in [0.29, 0.717) is 28.5 Å². The second kappa shape index (κ2) is 6.40. The van der Waals surface area contributed by atoms with E-state index in [2.05, 4.69) is 5.32 Å². The summed E-state index contributed by atoms with van der Waals surface area (Å²) in [6.45, 7) is 2.01. The summed E-state index contributed by atoms with van der Waals surface area (Å²) in [5.74, 6) is 0.952. The van der Waals surface area contributed by atoms with Crippen molar-refractivity contribution in [3.05, 3.63) is 72.1 Å². The van der Waals surface area contributed by atoms with Crippen molar-refractivity contribution in [1.29, 1.82) is 0 Å². The van der Waals surface area contributed by atoms with Gasteiger partial charge in [0.05, 0.1) is 24.6 Å². The Labute approximate surface area is 150 Å². The lowest BCUT2D eigenvalue weighted by Gasteiger charge is -2.11. The Morgan fingerprint density at radius 3 is 2.81 bits per heavy atom. The van der Waals surface area contributed by atoms with Crippen LogP contribution in [0.1, 0.15) is 15.9 Å². The summed E-state index contributed by atoms with van der Waals surface area (Å²) in [6, 6.07) is 14.8. The van der Waals surface area contributed by atoms with Gasteiger partial charge in [0, 0.05) is 6.20 Å². The Balaban J connectivity index is 1.89. The van der Waals surface area contributed by atoms with E-state index >= 15 is 0 Å². The maximum atomic E-state index is 12.1. The number of benzene rings is 1. The number of aryl methyl sites for hydroxylation is 1. The molecule has 3 heterocycles. The number of methoxy groups -OCH3 is 1. The topological polar surface area (TPSA) is 68.8 Å². The molecule has 0 bridgehead atoms. The van der Waals surface area contributed by atoms with Crippen molar-refractivity contribution in [2.24, 2.45) is 0 Å². The van der Waals surface area contributed by atoms with Crippen LogP contribution in [0.5, 0.6) is 0 Å². The highest BCUT2D eigenvalue weighted by Crippen LogP contribution is 2.32. The second-order valence-corrected chi connectivity index (χ2v) is 5.88. The van der Waals surface area contributed by atoms with Gasteiger partial charge in [-0.2, -0.15) is 0 Å². The average molecular weight is 347 g/mol. The average Bonchev–Trinajstić information content (AvgIpc) is 3.29. The van der Waals surface area contributed by atoms with E-state index < -0.39 is 5.97 Å². The first-order chi connectivity index (χ1) is 12.7. The molecule has 0 aliphatic heterocycles. The molecule has 0 amide bonds. The number of ether oxygens (including phenoxy) is 1. The minimum absolute atomic E-state index is 0.405. The number of nitrogens with zero attached hydrogens (tertiary/aromatic N) is 2. The number of hydrogen-bond acceptors (Lipinski definition) is 5. The summed E-state index contributed by atoms with van der Waals surface area (Å²) < 4.78 is 12.4. The lowest BCUT2D eigenvalue weighted by molar-refractivity contribution is 0.0602. The monoisotopic (exact) mass is 347 g/mol. The van der Waals surface area contributed by atoms with Crippen LogP contribution in [0.25, 0.3) is 17.1 Å². The number of nitrogens with one attached hydrogen (secondary N) is 1. The van der Waals surface area contributed by atoms with Gasteiger partial charge in [-0.25, -0.2) is 9.78 Å². The summed E-state index contributed by atoms with van der Waals surface area (Å²) in [4.78, 5) is 16.8. The number of hydrogen-bond donors (Lipinski definition) is 1. The number of fused-ring (bicyclic) bond motifs is 1. The number of anilines is 2. The number of furan rings is 1. The molecule has 0 saturated heterocycles. The van der Waals surface area contributed by atoms with Crippen LogP contribution in [0.2, 0.25) is 0 Å². The molecule has 6 heteroatoms. The number of carbonyl (C=O) groups is 1. The zero-order valence-corrected chi connectivity index (χ0v) is 14.4. The highest BCUT2D eigenvalue weighted by Gasteiger charge is 2.19. The van der Waals surface area contributed by atoms with Crippen molar-refractivity contribution in [2.45, 2.75) is 6.92 Å². The molecule has 0 atom stereocenters. The fourth-order valence-corrected chi connectivity index (χ4v) is 2.86. The summed E-state index contributed by atoms with van der Waals surface area (Å²) in [6.07, 6.45) is 3.55. The molecule has 3 aromatic heterocycles. The number of rotatable bonds is 4. The second-order valence-electron chi connectivity index (χ2n) is 5.88. The fraction of sp³-hybridized carbons (Fsp3) is 0.100. The van der Waals surface area contributed by atoms with Crippen molar-refractivity contribution in [2.75, 3.05) is 12.4 Å². The number of imidazole rings is 1. The maximum Gasteiger partial charge on any atom is 0.339 e. The molecule has 130 valence electrons. The van der Waals surface area contributed by atoms with Gasteiger partial charge in [-0.3, -0.25) is 4.40 Å². The van der Waals surface area contributed by atoms with E-state index in [9.17, 15) is 4.79 Å². The van der Waals surface area contributed by atoms with Gasteiger partial charge in [0.2, 0.25) is 0 Å². The number of para-hydroxylation sites is 1. The molecule has 1 N–H and O–H groups in total. The third-order valence-corrected chi connectivity index (χ3v) is 4.12. The molecule has 0 unspecified atom stereocenters. The molecule has 26 heavy (non-hydrogen) atoms. The molecule has 0 spiro atoms. The molecule has 6 nitrogen and oxygen atoms in total. The van der Waals surface area contributed by atoms with E-state index in [1.807, 2.05) is 53.9 Å². The molecule has 0 radical (unpaired) electrons. The van der Waals surface area contributed by atoms with Gasteiger partial charge in [-0.15, -0.1) is 0 Å². The molecule has 0 saturated carbocycles. The van der Waals surface area contributed by atoms with Crippen LogP contribution >= 0.6 is 0 Å². The summed E-state index contributed by atoms with van der Waals surface area (Å²) in [5.41, 5.74) is 3.64. The minimum atomic E-state index is -0.405. The number of esters is 1. The smallest absolute Gasteiger partial charge is 0.339 e. The standard InChI is InChI=1S/C20H17N3O3/c1-13-9-10-23-17(12-13)22-18(16-8-5-11-26-16)19(23)21-15-7-4-3-6-14(15)20(24)25-2/h3-12,21H,1-2H3. The van der Waals surface area contributed by atoms with Crippen molar-refractivity contribution < 1.29 is 13.9 Å². The zero-order valence-electron chi connectivity index (χ0n) is 14.4. The Kier molecular flexibility index (Phi) is 3.93. The van der Waals surface area contributed by atoms with Crippen molar-refractivity contribution in [3.8, 4) is 11.5 Å². The SMILES string of the molecule is COC(=O)c1ccccc1Nc1c(-c2ccco2)nc2cc(C)ccn12. The fourth-order valence-electron chi connectivity index (χ4n) is 2.86. The Bertz CT molecular complexity index is 1080. The van der Waals surface area contributed by atoms with Crippen LogP contribution in [0, 0.1) is 6.92 Å². The third kappa shape index (κ3) is 2.71. The Morgan fingerprint density at radius 2 is 2.04 bits per heavy atom. The Hall–Kier alpha value is -3.54. The van der Waals surface area contributed by atoms with Crippen LogP contribution in [-0.4, -0.2) is 22.5 Å². The first kappa shape index (κ1) is 16.0. The van der Waals surface area contributed by atoms with Crippen LogP contribution in [-0.2, 0) is 4.74 Å². The number of aromatic nitrogens is 2. The summed E-state index contributed by atoms with van der Waals surface area (Å²) in [5, 5.41) is 3.33. The van der Waals surface area contributed by atoms with Gasteiger partial charge >= 0.3 is 5.97 Å². The normalized spacial score (nSPS) is 10.8. The van der Waals surface area contributed by atoms with Gasteiger partial charge in [0.15, 0.2) is 5.76 Å². The molecule has 4 rings (SSSR count). The van der Waals surface area contributed by atoms with Gasteiger partial charge in [0.25, 0.3) is 0 Å². The first-order valence-electron chi connectivity index (χ1n) is 8.14. The van der Waals surface area contributed by atoms with Crippen LogP contribution in [0.4, 0.5) is 11.5 Å². The predicted octanol–water partition coefficient (Wildman–Crippen LogP) is 4.43. The number of pyridine rings is 1. The van der Waals surface area contributed by atoms with Crippen LogP contribution < -0.4 is 5.32 Å². The molecule has 0 aliphatic rings. The molecule has 0 fully saturated rings. The molecule has 0 aliphatic carbocycles. The zero-order chi connectivity index (χ0) is 18.1. The van der Waals surface area contributed by atoms with E-state index in [4.69, 9.17) is 14.1 Å². The van der Waals surface area contributed by atoms with E-state index in [1.165, 1.54) is 7.11 Å². The largest absolute Gasteiger partial charge is 0.465 e. The van der Waals surface area contributed by atoms with Gasteiger partial charge in [-0.1, -0.05) is 12.1 Å². The predicted molar refractivity (Wildman–Crippen MR) is 98.7 cm³/mol. The quantitative estimate of drug-likeness (QED) is 0.553. The highest BCUT2D eigenvalue weighted by molar-refractivity contribution is 5.97.